The van der Waals surface area contributed by atoms with E-state index < -0.39 is 15.8 Å². The molecular weight excluding hydrogens is 391 g/mol. The lowest BCUT2D eigenvalue weighted by molar-refractivity contribution is -0.122. The van der Waals surface area contributed by atoms with Crippen LogP contribution < -0.4 is 5.32 Å². The van der Waals surface area contributed by atoms with Gasteiger partial charge < -0.3 is 5.32 Å². The number of hydrogen-bond donors (Lipinski definition) is 1. The standard InChI is InChI=1S/C22H25FN2O3S/c23-18-11-5-4-10-17(18)15-29(27,28)25-20-12-6-7-13-22(26)24-19(20)14-21(25)16-8-2-1-3-9-16/h1-5,8-11,19-21H,6-7,12-15H2,(H,24,26)/t19-,20+,21+/m1/s1. The van der Waals surface area contributed by atoms with Crippen LogP contribution in [0.1, 0.15) is 49.3 Å². The Kier molecular flexibility index (Phi) is 5.69. The molecule has 0 bridgehead atoms. The van der Waals surface area contributed by atoms with Gasteiger partial charge in [0.1, 0.15) is 5.82 Å². The molecule has 29 heavy (non-hydrogen) atoms. The monoisotopic (exact) mass is 416 g/mol. The first-order valence-electron chi connectivity index (χ1n) is 10.0. The van der Waals surface area contributed by atoms with Crippen molar-refractivity contribution in [1.29, 1.82) is 0 Å². The minimum atomic E-state index is -3.81. The molecule has 3 atom stereocenters. The number of benzene rings is 2. The van der Waals surface area contributed by atoms with Gasteiger partial charge in [0.2, 0.25) is 15.9 Å². The van der Waals surface area contributed by atoms with Crippen molar-refractivity contribution >= 4 is 15.9 Å². The maximum atomic E-state index is 14.2. The minimum Gasteiger partial charge on any atom is -0.352 e. The summed E-state index contributed by atoms with van der Waals surface area (Å²) in [6.45, 7) is 0. The topological polar surface area (TPSA) is 66.5 Å². The van der Waals surface area contributed by atoms with E-state index in [9.17, 15) is 17.6 Å². The Morgan fingerprint density at radius 3 is 2.52 bits per heavy atom. The van der Waals surface area contributed by atoms with Gasteiger partial charge in [0.25, 0.3) is 0 Å². The maximum Gasteiger partial charge on any atom is 0.220 e. The Hall–Kier alpha value is -2.25. The highest BCUT2D eigenvalue weighted by molar-refractivity contribution is 7.88. The summed E-state index contributed by atoms with van der Waals surface area (Å²) in [5.41, 5.74) is 1.06. The highest BCUT2D eigenvalue weighted by atomic mass is 32.2. The van der Waals surface area contributed by atoms with Crippen LogP contribution in [0.15, 0.2) is 54.6 Å². The summed E-state index contributed by atoms with van der Waals surface area (Å²) in [4.78, 5) is 12.2. The van der Waals surface area contributed by atoms with Crippen LogP contribution in [-0.4, -0.2) is 30.7 Å². The van der Waals surface area contributed by atoms with Crippen LogP contribution in [0.25, 0.3) is 0 Å². The first-order chi connectivity index (χ1) is 14.0. The molecule has 0 aromatic heterocycles. The molecule has 0 saturated carbocycles. The van der Waals surface area contributed by atoms with Gasteiger partial charge in [-0.3, -0.25) is 4.79 Å². The Morgan fingerprint density at radius 2 is 1.76 bits per heavy atom. The molecule has 154 valence electrons. The van der Waals surface area contributed by atoms with Crippen molar-refractivity contribution in [1.82, 2.24) is 9.62 Å². The summed E-state index contributed by atoms with van der Waals surface area (Å²) in [5, 5.41) is 3.04. The molecule has 2 aromatic carbocycles. The molecule has 0 aliphatic carbocycles. The van der Waals surface area contributed by atoms with Gasteiger partial charge in [0.05, 0.1) is 11.8 Å². The third kappa shape index (κ3) is 4.21. The number of fused-ring (bicyclic) bond motifs is 1. The molecule has 2 heterocycles. The Morgan fingerprint density at radius 1 is 1.03 bits per heavy atom. The zero-order chi connectivity index (χ0) is 20.4. The molecule has 2 saturated heterocycles. The first-order valence-corrected chi connectivity index (χ1v) is 11.7. The Balaban J connectivity index is 1.73. The van der Waals surface area contributed by atoms with Gasteiger partial charge in [-0.1, -0.05) is 55.0 Å². The van der Waals surface area contributed by atoms with Crippen molar-refractivity contribution in [2.75, 3.05) is 0 Å². The van der Waals surface area contributed by atoms with Gasteiger partial charge in [-0.05, 0) is 30.9 Å². The number of hydrogen-bond acceptors (Lipinski definition) is 3. The summed E-state index contributed by atoms with van der Waals surface area (Å²) >= 11 is 0. The number of sulfonamides is 1. The fourth-order valence-electron chi connectivity index (χ4n) is 4.56. The van der Waals surface area contributed by atoms with E-state index in [0.29, 0.717) is 19.3 Å². The Labute approximate surface area is 171 Å². The van der Waals surface area contributed by atoms with E-state index in [1.54, 1.807) is 16.4 Å². The van der Waals surface area contributed by atoms with E-state index in [2.05, 4.69) is 5.32 Å². The fourth-order valence-corrected chi connectivity index (χ4v) is 6.59. The van der Waals surface area contributed by atoms with E-state index in [0.717, 1.165) is 18.4 Å². The van der Waals surface area contributed by atoms with Crippen molar-refractivity contribution in [3.05, 3.63) is 71.5 Å². The lowest BCUT2D eigenvalue weighted by atomic mass is 9.98. The normalized spacial score (nSPS) is 25.7. The molecule has 0 unspecified atom stereocenters. The summed E-state index contributed by atoms with van der Waals surface area (Å²) in [7, 11) is -3.81. The molecule has 2 fully saturated rings. The fraction of sp³-hybridized carbons (Fsp3) is 0.409. The van der Waals surface area contributed by atoms with E-state index in [-0.39, 0.29) is 35.3 Å². The highest BCUT2D eigenvalue weighted by Gasteiger charge is 2.48. The third-order valence-electron chi connectivity index (χ3n) is 5.88. The van der Waals surface area contributed by atoms with Gasteiger partial charge in [0, 0.05) is 24.1 Å². The van der Waals surface area contributed by atoms with Crippen LogP contribution in [0.3, 0.4) is 0 Å². The number of halogens is 1. The van der Waals surface area contributed by atoms with E-state index in [4.69, 9.17) is 0 Å². The molecule has 1 N–H and O–H groups in total. The molecule has 4 rings (SSSR count). The second kappa shape index (κ2) is 8.24. The van der Waals surface area contributed by atoms with Crippen LogP contribution in [0, 0.1) is 5.82 Å². The largest absolute Gasteiger partial charge is 0.352 e. The summed E-state index contributed by atoms with van der Waals surface area (Å²) in [5.74, 6) is -0.936. The van der Waals surface area contributed by atoms with E-state index >= 15 is 0 Å². The number of rotatable bonds is 4. The third-order valence-corrected chi connectivity index (χ3v) is 7.72. The quantitative estimate of drug-likeness (QED) is 0.829. The molecule has 7 heteroatoms. The average Bonchev–Trinajstić information content (AvgIpc) is 3.04. The van der Waals surface area contributed by atoms with Gasteiger partial charge in [-0.2, -0.15) is 4.31 Å². The van der Waals surface area contributed by atoms with Crippen molar-refractivity contribution in [2.45, 2.75) is 56.0 Å². The maximum absolute atomic E-state index is 14.2. The molecule has 2 aromatic rings. The average molecular weight is 417 g/mol. The predicted molar refractivity (Wildman–Crippen MR) is 109 cm³/mol. The molecule has 2 aliphatic rings. The van der Waals surface area contributed by atoms with Crippen molar-refractivity contribution in [3.63, 3.8) is 0 Å². The second-order valence-electron chi connectivity index (χ2n) is 7.83. The van der Waals surface area contributed by atoms with Crippen molar-refractivity contribution in [3.8, 4) is 0 Å². The van der Waals surface area contributed by atoms with Crippen LogP contribution in [0.5, 0.6) is 0 Å². The molecule has 0 spiro atoms. The molecular formula is C22H25FN2O3S. The van der Waals surface area contributed by atoms with Gasteiger partial charge >= 0.3 is 0 Å². The van der Waals surface area contributed by atoms with Crippen LogP contribution in [0.4, 0.5) is 4.39 Å². The lowest BCUT2D eigenvalue weighted by Crippen LogP contribution is -2.48. The number of nitrogens with one attached hydrogen (secondary N) is 1. The van der Waals surface area contributed by atoms with Crippen LogP contribution in [0.2, 0.25) is 0 Å². The van der Waals surface area contributed by atoms with E-state index in [1.165, 1.54) is 12.1 Å². The minimum absolute atomic E-state index is 0.0279. The smallest absolute Gasteiger partial charge is 0.220 e. The Bertz CT molecular complexity index is 981. The van der Waals surface area contributed by atoms with Crippen LogP contribution in [-0.2, 0) is 20.6 Å². The predicted octanol–water partition coefficient (Wildman–Crippen LogP) is 3.53. The van der Waals surface area contributed by atoms with Gasteiger partial charge in [0.15, 0.2) is 0 Å². The number of carbonyl (C=O) groups excluding carboxylic acids is 1. The summed E-state index contributed by atoms with van der Waals surface area (Å²) < 4.78 is 42.8. The first kappa shape index (κ1) is 20.0. The number of carbonyl (C=O) groups is 1. The second-order valence-corrected chi connectivity index (χ2v) is 9.70. The SMILES string of the molecule is O=C1CCCC[C@H]2[C@@H](C[C@@H](c3ccccc3)N2S(=O)(=O)Cc2ccccc2F)N1. The molecule has 2 aliphatic heterocycles. The lowest BCUT2D eigenvalue weighted by Gasteiger charge is -2.32. The number of amides is 1. The summed E-state index contributed by atoms with van der Waals surface area (Å²) in [6.07, 6.45) is 3.22. The van der Waals surface area contributed by atoms with E-state index in [1.807, 2.05) is 30.3 Å². The van der Waals surface area contributed by atoms with Gasteiger partial charge in [-0.25, -0.2) is 12.8 Å². The number of nitrogens with zero attached hydrogens (tertiary/aromatic N) is 1. The van der Waals surface area contributed by atoms with Crippen LogP contribution >= 0.6 is 0 Å². The zero-order valence-electron chi connectivity index (χ0n) is 16.1. The summed E-state index contributed by atoms with van der Waals surface area (Å²) in [6, 6.07) is 14.5. The zero-order valence-corrected chi connectivity index (χ0v) is 16.9. The highest BCUT2D eigenvalue weighted by Crippen LogP contribution is 2.42. The van der Waals surface area contributed by atoms with Crippen molar-refractivity contribution < 1.29 is 17.6 Å². The molecule has 5 nitrogen and oxygen atoms in total. The molecule has 1 amide bonds. The molecule has 0 radical (unpaired) electrons. The van der Waals surface area contributed by atoms with Crippen molar-refractivity contribution in [2.24, 2.45) is 0 Å². The van der Waals surface area contributed by atoms with Gasteiger partial charge in [-0.15, -0.1) is 0 Å².